The summed E-state index contributed by atoms with van der Waals surface area (Å²) in [6.45, 7) is 1.50. The fourth-order valence-corrected chi connectivity index (χ4v) is 3.67. The zero-order valence-electron chi connectivity index (χ0n) is 14.5. The molecule has 3 rings (SSSR count). The molecule has 26 heavy (non-hydrogen) atoms. The number of hydrogen-bond donors (Lipinski definition) is 0. The number of carbonyl (C=O) groups excluding carboxylic acids is 1. The Balaban J connectivity index is 1.71. The van der Waals surface area contributed by atoms with Crippen molar-refractivity contribution in [1.82, 2.24) is 4.31 Å². The minimum atomic E-state index is -3.75. The number of benzene rings is 3. The van der Waals surface area contributed by atoms with E-state index >= 15 is 0 Å². The zero-order valence-corrected chi connectivity index (χ0v) is 15.4. The molecule has 0 aliphatic rings. The highest BCUT2D eigenvalue weighted by Gasteiger charge is 2.23. The number of ether oxygens (including phenoxy) is 1. The molecule has 0 spiro atoms. The third kappa shape index (κ3) is 3.92. The van der Waals surface area contributed by atoms with Crippen molar-refractivity contribution < 1.29 is 17.9 Å². The second kappa shape index (κ2) is 7.27. The molecule has 0 aliphatic heterocycles. The molecule has 0 N–H and O–H groups in total. The number of carbonyl (C=O) groups is 1. The van der Waals surface area contributed by atoms with Gasteiger partial charge in [-0.25, -0.2) is 8.42 Å². The van der Waals surface area contributed by atoms with Crippen LogP contribution < -0.4 is 4.74 Å². The summed E-state index contributed by atoms with van der Waals surface area (Å²) in [6.07, 6.45) is 0. The quantitative estimate of drug-likeness (QED) is 0.511. The van der Waals surface area contributed by atoms with Crippen LogP contribution in [0.5, 0.6) is 5.75 Å². The zero-order chi connectivity index (χ0) is 18.7. The molecule has 0 amide bonds. The molecule has 0 bridgehead atoms. The molecule has 0 unspecified atom stereocenters. The lowest BCUT2D eigenvalue weighted by molar-refractivity contribution is -0.134. The van der Waals surface area contributed by atoms with Gasteiger partial charge in [0.05, 0.1) is 4.90 Å². The summed E-state index contributed by atoms with van der Waals surface area (Å²) in [7, 11) is -2.39. The SMILES string of the molecule is Cc1ccc(S(=O)(=O)N(C)CC(=O)Oc2ccc3ccccc3c2)cc1. The van der Waals surface area contributed by atoms with E-state index in [0.717, 1.165) is 20.6 Å². The fraction of sp³-hybridized carbons (Fsp3) is 0.150. The summed E-state index contributed by atoms with van der Waals surface area (Å²) < 4.78 is 31.3. The monoisotopic (exact) mass is 369 g/mol. The Morgan fingerprint density at radius 2 is 1.62 bits per heavy atom. The second-order valence-corrected chi connectivity index (χ2v) is 8.10. The largest absolute Gasteiger partial charge is 0.426 e. The number of hydrogen-bond acceptors (Lipinski definition) is 4. The Hall–Kier alpha value is -2.70. The van der Waals surface area contributed by atoms with Gasteiger partial charge < -0.3 is 4.74 Å². The van der Waals surface area contributed by atoms with Gasteiger partial charge >= 0.3 is 5.97 Å². The fourth-order valence-electron chi connectivity index (χ4n) is 2.55. The lowest BCUT2D eigenvalue weighted by atomic mass is 10.1. The van der Waals surface area contributed by atoms with Gasteiger partial charge in [-0.15, -0.1) is 0 Å². The smallest absolute Gasteiger partial charge is 0.326 e. The average molecular weight is 369 g/mol. The van der Waals surface area contributed by atoms with Gasteiger partial charge in [-0.3, -0.25) is 4.79 Å². The van der Waals surface area contributed by atoms with Crippen LogP contribution in [0.3, 0.4) is 0 Å². The van der Waals surface area contributed by atoms with Crippen molar-refractivity contribution in [3.05, 3.63) is 72.3 Å². The number of rotatable bonds is 5. The van der Waals surface area contributed by atoms with Crippen molar-refractivity contribution in [3.63, 3.8) is 0 Å². The first kappa shape index (κ1) is 18.1. The van der Waals surface area contributed by atoms with Gasteiger partial charge in [0.25, 0.3) is 0 Å². The summed E-state index contributed by atoms with van der Waals surface area (Å²) in [5, 5.41) is 1.98. The Morgan fingerprint density at radius 3 is 2.31 bits per heavy atom. The molecule has 3 aromatic carbocycles. The van der Waals surface area contributed by atoms with Crippen LogP contribution in [-0.2, 0) is 14.8 Å². The van der Waals surface area contributed by atoms with Crippen LogP contribution in [0.2, 0.25) is 0 Å². The van der Waals surface area contributed by atoms with E-state index in [9.17, 15) is 13.2 Å². The van der Waals surface area contributed by atoms with Crippen LogP contribution >= 0.6 is 0 Å². The molecule has 0 aliphatic carbocycles. The number of likely N-dealkylation sites (N-methyl/N-ethyl adjacent to an activating group) is 1. The lowest BCUT2D eigenvalue weighted by Gasteiger charge is -2.16. The lowest BCUT2D eigenvalue weighted by Crippen LogP contribution is -2.34. The minimum absolute atomic E-state index is 0.143. The molecular weight excluding hydrogens is 350 g/mol. The molecule has 0 aromatic heterocycles. The third-order valence-electron chi connectivity index (χ3n) is 4.03. The third-order valence-corrected chi connectivity index (χ3v) is 5.85. The first-order chi connectivity index (χ1) is 12.4. The Kier molecular flexibility index (Phi) is 5.06. The van der Waals surface area contributed by atoms with Crippen LogP contribution in [0.4, 0.5) is 0 Å². The number of aryl methyl sites for hydroxylation is 1. The van der Waals surface area contributed by atoms with Gasteiger partial charge in [-0.1, -0.05) is 48.0 Å². The summed E-state index contributed by atoms with van der Waals surface area (Å²) in [6, 6.07) is 19.5. The second-order valence-electron chi connectivity index (χ2n) is 6.06. The van der Waals surface area contributed by atoms with Crippen molar-refractivity contribution in [2.75, 3.05) is 13.6 Å². The van der Waals surface area contributed by atoms with E-state index in [2.05, 4.69) is 0 Å². The van der Waals surface area contributed by atoms with E-state index < -0.39 is 16.0 Å². The summed E-state index contributed by atoms with van der Waals surface area (Å²) in [5.41, 5.74) is 0.960. The molecule has 0 saturated carbocycles. The highest BCUT2D eigenvalue weighted by Crippen LogP contribution is 2.21. The summed E-state index contributed by atoms with van der Waals surface area (Å²) >= 11 is 0. The summed E-state index contributed by atoms with van der Waals surface area (Å²) in [4.78, 5) is 12.3. The van der Waals surface area contributed by atoms with Crippen LogP contribution in [0.1, 0.15) is 5.56 Å². The molecule has 5 nitrogen and oxygen atoms in total. The van der Waals surface area contributed by atoms with Gasteiger partial charge in [-0.2, -0.15) is 4.31 Å². The predicted molar refractivity (Wildman–Crippen MR) is 101 cm³/mol. The van der Waals surface area contributed by atoms with Crippen molar-refractivity contribution >= 4 is 26.8 Å². The van der Waals surface area contributed by atoms with Gasteiger partial charge in [0.1, 0.15) is 12.3 Å². The number of sulfonamides is 1. The molecule has 0 radical (unpaired) electrons. The van der Waals surface area contributed by atoms with Gasteiger partial charge in [-0.05, 0) is 42.0 Å². The predicted octanol–water partition coefficient (Wildman–Crippen LogP) is 3.37. The van der Waals surface area contributed by atoms with E-state index in [-0.39, 0.29) is 11.4 Å². The maximum absolute atomic E-state index is 12.5. The maximum atomic E-state index is 12.5. The first-order valence-corrected chi connectivity index (χ1v) is 9.53. The van der Waals surface area contributed by atoms with Gasteiger partial charge in [0, 0.05) is 7.05 Å². The Labute approximate surface area is 152 Å². The molecule has 0 fully saturated rings. The molecule has 0 heterocycles. The van der Waals surface area contributed by atoms with Crippen molar-refractivity contribution in [1.29, 1.82) is 0 Å². The van der Waals surface area contributed by atoms with Crippen molar-refractivity contribution in [3.8, 4) is 5.75 Å². The molecule has 3 aromatic rings. The van der Waals surface area contributed by atoms with E-state index in [0.29, 0.717) is 5.75 Å². The van der Waals surface area contributed by atoms with Crippen LogP contribution in [0, 0.1) is 6.92 Å². The van der Waals surface area contributed by atoms with Gasteiger partial charge in [0.15, 0.2) is 0 Å². The summed E-state index contributed by atoms with van der Waals surface area (Å²) in [5.74, 6) is -0.256. The molecular formula is C20H19NO4S. The highest BCUT2D eigenvalue weighted by molar-refractivity contribution is 7.89. The van der Waals surface area contributed by atoms with E-state index in [1.807, 2.05) is 37.3 Å². The Morgan fingerprint density at radius 1 is 0.962 bits per heavy atom. The topological polar surface area (TPSA) is 63.7 Å². The van der Waals surface area contributed by atoms with E-state index in [1.165, 1.54) is 19.2 Å². The molecule has 6 heteroatoms. The Bertz CT molecular complexity index is 1040. The molecule has 0 atom stereocenters. The maximum Gasteiger partial charge on any atom is 0.326 e. The van der Waals surface area contributed by atoms with Crippen molar-refractivity contribution in [2.45, 2.75) is 11.8 Å². The number of esters is 1. The first-order valence-electron chi connectivity index (χ1n) is 8.09. The minimum Gasteiger partial charge on any atom is -0.426 e. The standard InChI is InChI=1S/C20H19NO4S/c1-15-7-11-19(12-8-15)26(23,24)21(2)14-20(22)25-18-10-9-16-5-3-4-6-17(16)13-18/h3-13H,14H2,1-2H3. The average Bonchev–Trinajstić information content (AvgIpc) is 2.61. The molecule has 134 valence electrons. The van der Waals surface area contributed by atoms with Crippen LogP contribution in [0.25, 0.3) is 10.8 Å². The van der Waals surface area contributed by atoms with Gasteiger partial charge in [0.2, 0.25) is 10.0 Å². The van der Waals surface area contributed by atoms with Crippen LogP contribution in [0.15, 0.2) is 71.6 Å². The van der Waals surface area contributed by atoms with Crippen LogP contribution in [-0.4, -0.2) is 32.3 Å². The van der Waals surface area contributed by atoms with Crippen molar-refractivity contribution in [2.24, 2.45) is 0 Å². The van der Waals surface area contributed by atoms with E-state index in [4.69, 9.17) is 4.74 Å². The number of fused-ring (bicyclic) bond motifs is 1. The highest BCUT2D eigenvalue weighted by atomic mass is 32.2. The normalized spacial score (nSPS) is 11.7. The molecule has 0 saturated heterocycles. The number of nitrogens with zero attached hydrogens (tertiary/aromatic N) is 1. The van der Waals surface area contributed by atoms with E-state index in [1.54, 1.807) is 24.3 Å².